The van der Waals surface area contributed by atoms with Gasteiger partial charge in [-0.1, -0.05) is 23.2 Å². The summed E-state index contributed by atoms with van der Waals surface area (Å²) >= 11 is 11.2. The van der Waals surface area contributed by atoms with Crippen molar-refractivity contribution in [1.82, 2.24) is 4.98 Å². The van der Waals surface area contributed by atoms with E-state index in [4.69, 9.17) is 28.9 Å². The molecule has 0 amide bonds. The Hall–Kier alpha value is -0.450. The number of pyridine rings is 1. The summed E-state index contributed by atoms with van der Waals surface area (Å²) in [6.45, 7) is 0.120. The van der Waals surface area contributed by atoms with Crippen LogP contribution in [0.4, 0.5) is 8.78 Å². The normalized spacial score (nSPS) is 10.9. The molecule has 0 radical (unpaired) electrons. The molecular formula is C7H6Cl2F2N2. The first-order chi connectivity index (χ1) is 6.07. The van der Waals surface area contributed by atoms with Crippen LogP contribution in [0.5, 0.6) is 0 Å². The first-order valence-corrected chi connectivity index (χ1v) is 4.14. The zero-order valence-corrected chi connectivity index (χ0v) is 7.91. The summed E-state index contributed by atoms with van der Waals surface area (Å²) in [7, 11) is 0. The minimum Gasteiger partial charge on any atom is -0.326 e. The Kier molecular flexibility index (Phi) is 3.41. The molecule has 2 nitrogen and oxygen atoms in total. The first kappa shape index (κ1) is 10.6. The molecule has 0 aliphatic rings. The second kappa shape index (κ2) is 4.17. The molecule has 0 aromatic carbocycles. The summed E-state index contributed by atoms with van der Waals surface area (Å²) in [6, 6.07) is 0. The second-order valence-electron chi connectivity index (χ2n) is 2.30. The fourth-order valence-corrected chi connectivity index (χ4v) is 1.28. The largest absolute Gasteiger partial charge is 0.326 e. The lowest BCUT2D eigenvalue weighted by Crippen LogP contribution is -2.01. The van der Waals surface area contributed by atoms with Gasteiger partial charge in [0.05, 0.1) is 10.0 Å². The Morgan fingerprint density at radius 1 is 1.38 bits per heavy atom. The lowest BCUT2D eigenvalue weighted by Gasteiger charge is -2.06. The Balaban J connectivity index is 3.23. The van der Waals surface area contributed by atoms with Crippen molar-refractivity contribution in [3.8, 4) is 0 Å². The number of aromatic nitrogens is 1. The molecule has 6 heteroatoms. The van der Waals surface area contributed by atoms with E-state index in [0.29, 0.717) is 5.56 Å². The standard InChI is InChI=1S/C7H6Cl2F2N2/c8-4-3(1-12)2-13-6(5(4)9)7(10)11/h2,7H,1,12H2. The highest BCUT2D eigenvalue weighted by molar-refractivity contribution is 6.42. The van der Waals surface area contributed by atoms with Crippen LogP contribution >= 0.6 is 23.2 Å². The van der Waals surface area contributed by atoms with Gasteiger partial charge in [0.25, 0.3) is 6.43 Å². The number of hydrogen-bond acceptors (Lipinski definition) is 2. The van der Waals surface area contributed by atoms with Crippen LogP contribution in [0.3, 0.4) is 0 Å². The van der Waals surface area contributed by atoms with Gasteiger partial charge in [0.1, 0.15) is 5.69 Å². The SMILES string of the molecule is NCc1cnc(C(F)F)c(Cl)c1Cl. The van der Waals surface area contributed by atoms with Crippen LogP contribution in [0, 0.1) is 0 Å². The summed E-state index contributed by atoms with van der Waals surface area (Å²) in [5, 5.41) is -0.172. The highest BCUT2D eigenvalue weighted by Gasteiger charge is 2.17. The van der Waals surface area contributed by atoms with Gasteiger partial charge in [0, 0.05) is 18.3 Å². The van der Waals surface area contributed by atoms with E-state index in [9.17, 15) is 8.78 Å². The smallest absolute Gasteiger partial charge is 0.281 e. The van der Waals surface area contributed by atoms with Crippen LogP contribution in [0.2, 0.25) is 10.0 Å². The maximum Gasteiger partial charge on any atom is 0.281 e. The van der Waals surface area contributed by atoms with E-state index >= 15 is 0 Å². The van der Waals surface area contributed by atoms with Gasteiger partial charge in [-0.3, -0.25) is 4.98 Å². The highest BCUT2D eigenvalue weighted by Crippen LogP contribution is 2.32. The zero-order valence-electron chi connectivity index (χ0n) is 6.40. The Morgan fingerprint density at radius 3 is 2.46 bits per heavy atom. The molecule has 13 heavy (non-hydrogen) atoms. The molecule has 1 heterocycles. The van der Waals surface area contributed by atoms with E-state index in [1.807, 2.05) is 0 Å². The lowest BCUT2D eigenvalue weighted by molar-refractivity contribution is 0.146. The Bertz CT molecular complexity index is 318. The lowest BCUT2D eigenvalue weighted by atomic mass is 10.2. The van der Waals surface area contributed by atoms with Crippen LogP contribution < -0.4 is 5.73 Å². The van der Waals surface area contributed by atoms with Crippen LogP contribution in [-0.4, -0.2) is 4.98 Å². The van der Waals surface area contributed by atoms with Gasteiger partial charge < -0.3 is 5.73 Å². The van der Waals surface area contributed by atoms with Crippen molar-refractivity contribution in [3.63, 3.8) is 0 Å². The fourth-order valence-electron chi connectivity index (χ4n) is 0.809. The molecular weight excluding hydrogens is 221 g/mol. The maximum atomic E-state index is 12.2. The number of nitrogens with two attached hydrogens (primary N) is 1. The molecule has 2 N–H and O–H groups in total. The van der Waals surface area contributed by atoms with Gasteiger partial charge in [-0.05, 0) is 0 Å². The van der Waals surface area contributed by atoms with E-state index in [2.05, 4.69) is 4.98 Å². The molecule has 0 unspecified atom stereocenters. The minimum absolute atomic E-state index is 0.0504. The molecule has 0 atom stereocenters. The molecule has 72 valence electrons. The predicted molar refractivity (Wildman–Crippen MR) is 47.1 cm³/mol. The quantitative estimate of drug-likeness (QED) is 0.843. The van der Waals surface area contributed by atoms with E-state index in [0.717, 1.165) is 0 Å². The van der Waals surface area contributed by atoms with Crippen molar-refractivity contribution < 1.29 is 8.78 Å². The monoisotopic (exact) mass is 226 g/mol. The van der Waals surface area contributed by atoms with Gasteiger partial charge >= 0.3 is 0 Å². The summed E-state index contributed by atoms with van der Waals surface area (Å²) in [6.07, 6.45) is -1.52. The molecule has 0 saturated carbocycles. The summed E-state index contributed by atoms with van der Waals surface area (Å²) in [4.78, 5) is 3.46. The predicted octanol–water partition coefficient (Wildman–Crippen LogP) is 2.78. The van der Waals surface area contributed by atoms with Gasteiger partial charge in [0.2, 0.25) is 0 Å². The van der Waals surface area contributed by atoms with E-state index < -0.39 is 12.1 Å². The third-order valence-corrected chi connectivity index (χ3v) is 2.40. The Labute approximate surface area is 83.7 Å². The van der Waals surface area contributed by atoms with Gasteiger partial charge in [0.15, 0.2) is 0 Å². The average Bonchev–Trinajstić information content (AvgIpc) is 2.09. The second-order valence-corrected chi connectivity index (χ2v) is 3.06. The van der Waals surface area contributed by atoms with Crippen LogP contribution in [0.15, 0.2) is 6.20 Å². The minimum atomic E-state index is -2.73. The molecule has 0 aliphatic heterocycles. The van der Waals surface area contributed by atoms with E-state index in [1.165, 1.54) is 6.20 Å². The fraction of sp³-hybridized carbons (Fsp3) is 0.286. The van der Waals surface area contributed by atoms with Crippen molar-refractivity contribution >= 4 is 23.2 Å². The van der Waals surface area contributed by atoms with Crippen molar-refractivity contribution in [1.29, 1.82) is 0 Å². The average molecular weight is 227 g/mol. The van der Waals surface area contributed by atoms with Crippen LogP contribution in [-0.2, 0) is 6.54 Å². The molecule has 0 fully saturated rings. The Morgan fingerprint density at radius 2 is 2.00 bits per heavy atom. The first-order valence-electron chi connectivity index (χ1n) is 3.39. The van der Waals surface area contributed by atoms with Gasteiger partial charge in [-0.25, -0.2) is 8.78 Å². The highest BCUT2D eigenvalue weighted by atomic mass is 35.5. The topological polar surface area (TPSA) is 38.9 Å². The number of rotatable bonds is 2. The van der Waals surface area contributed by atoms with Crippen LogP contribution in [0.1, 0.15) is 17.7 Å². The third-order valence-electron chi connectivity index (χ3n) is 1.49. The molecule has 0 bridgehead atoms. The number of nitrogens with zero attached hydrogens (tertiary/aromatic N) is 1. The van der Waals surface area contributed by atoms with Gasteiger partial charge in [-0.15, -0.1) is 0 Å². The summed E-state index contributed by atoms with van der Waals surface area (Å²) in [5.41, 5.74) is 5.22. The number of hydrogen-bond donors (Lipinski definition) is 1. The van der Waals surface area contributed by atoms with E-state index in [-0.39, 0.29) is 16.6 Å². The maximum absolute atomic E-state index is 12.2. The third kappa shape index (κ3) is 2.07. The van der Waals surface area contributed by atoms with Crippen molar-refractivity contribution in [2.45, 2.75) is 13.0 Å². The zero-order chi connectivity index (χ0) is 10.0. The van der Waals surface area contributed by atoms with Gasteiger partial charge in [-0.2, -0.15) is 0 Å². The van der Waals surface area contributed by atoms with Crippen molar-refractivity contribution in [3.05, 3.63) is 27.5 Å². The molecule has 0 spiro atoms. The molecule has 0 saturated heterocycles. The summed E-state index contributed by atoms with van der Waals surface area (Å²) < 4.78 is 24.4. The number of halogens is 4. The van der Waals surface area contributed by atoms with Crippen molar-refractivity contribution in [2.24, 2.45) is 5.73 Å². The molecule has 0 aliphatic carbocycles. The molecule has 1 aromatic heterocycles. The van der Waals surface area contributed by atoms with E-state index in [1.54, 1.807) is 0 Å². The summed E-state index contributed by atoms with van der Waals surface area (Å²) in [5.74, 6) is 0. The van der Waals surface area contributed by atoms with Crippen LogP contribution in [0.25, 0.3) is 0 Å². The van der Waals surface area contributed by atoms with Crippen molar-refractivity contribution in [2.75, 3.05) is 0 Å². The molecule has 1 aromatic rings. The number of alkyl halides is 2. The molecule has 1 rings (SSSR count).